The molecule has 18 atom stereocenters. The first-order valence-electron chi connectivity index (χ1n) is 19.1. The number of ether oxygens (including phenoxy) is 7. The van der Waals surface area contributed by atoms with E-state index in [4.69, 9.17) is 33.2 Å². The lowest BCUT2D eigenvalue weighted by Gasteiger charge is -2.48. The van der Waals surface area contributed by atoms with Gasteiger partial charge in [-0.25, -0.2) is 4.39 Å². The molecule has 4 saturated heterocycles. The SMILES string of the molecule is CC[C@H]1OC(=O)[C@H](C)[C@@H](OC2C[C@@](C)(OC)C[C@H](C)O2)[C@H](C)[C@@H](OC2O[C@H](C)C[C@H](N(C)CCF)[C@H]2O)[C@@]2(C)C[C@H](C)[C@H](O2)[C@H](C)[C@@H](O)[C@]1(C)O. The van der Waals surface area contributed by atoms with Crippen molar-refractivity contribution >= 4 is 5.97 Å². The number of likely N-dealkylation sites (N-methyl/N-ethyl adjacent to an activating group) is 1. The van der Waals surface area contributed by atoms with Crippen LogP contribution in [0.5, 0.6) is 0 Å². The van der Waals surface area contributed by atoms with Crippen LogP contribution < -0.4 is 0 Å². The molecular formula is C38H68FNO11. The minimum atomic E-state index is -1.78. The molecule has 2 unspecified atom stereocenters. The number of hydrogen-bond acceptors (Lipinski definition) is 12. The molecule has 0 aliphatic carbocycles. The van der Waals surface area contributed by atoms with Gasteiger partial charge in [-0.15, -0.1) is 0 Å². The van der Waals surface area contributed by atoms with Gasteiger partial charge in [-0.1, -0.05) is 27.7 Å². The third kappa shape index (κ3) is 9.11. The van der Waals surface area contributed by atoms with Gasteiger partial charge in [0.25, 0.3) is 0 Å². The summed E-state index contributed by atoms with van der Waals surface area (Å²) in [5.74, 6) is -2.69. The van der Waals surface area contributed by atoms with Crippen LogP contribution in [0.1, 0.15) is 101 Å². The molecular weight excluding hydrogens is 665 g/mol. The van der Waals surface area contributed by atoms with Crippen molar-refractivity contribution in [3.63, 3.8) is 0 Å². The lowest BCUT2D eigenvalue weighted by Crippen LogP contribution is -2.60. The molecule has 0 radical (unpaired) electrons. The van der Waals surface area contributed by atoms with E-state index in [2.05, 4.69) is 0 Å². The molecule has 2 bridgehead atoms. The number of fused-ring (bicyclic) bond motifs is 2. The van der Waals surface area contributed by atoms with Crippen LogP contribution in [0.15, 0.2) is 0 Å². The normalized spacial score (nSPS) is 50.3. The van der Waals surface area contributed by atoms with E-state index in [1.165, 1.54) is 6.92 Å². The van der Waals surface area contributed by atoms with E-state index in [0.717, 1.165) is 0 Å². The average Bonchev–Trinajstić information content (AvgIpc) is 3.38. The first kappa shape index (κ1) is 42.7. The van der Waals surface area contributed by atoms with E-state index in [9.17, 15) is 24.5 Å². The van der Waals surface area contributed by atoms with Crippen LogP contribution in [-0.2, 0) is 38.0 Å². The third-order valence-corrected chi connectivity index (χ3v) is 12.5. The van der Waals surface area contributed by atoms with E-state index < -0.39 is 102 Å². The summed E-state index contributed by atoms with van der Waals surface area (Å²) in [6, 6.07) is -0.420. The Labute approximate surface area is 304 Å². The third-order valence-electron chi connectivity index (χ3n) is 12.5. The van der Waals surface area contributed by atoms with Crippen molar-refractivity contribution in [2.45, 2.75) is 186 Å². The van der Waals surface area contributed by atoms with Gasteiger partial charge in [0.1, 0.15) is 24.5 Å². The van der Waals surface area contributed by atoms with Gasteiger partial charge in [0, 0.05) is 44.4 Å². The molecule has 0 amide bonds. The van der Waals surface area contributed by atoms with Crippen molar-refractivity contribution in [3.8, 4) is 0 Å². The van der Waals surface area contributed by atoms with Gasteiger partial charge < -0.3 is 48.5 Å². The second kappa shape index (κ2) is 16.8. The minimum Gasteiger partial charge on any atom is -0.459 e. The van der Waals surface area contributed by atoms with Crippen molar-refractivity contribution in [1.29, 1.82) is 0 Å². The minimum absolute atomic E-state index is 0.0689. The predicted octanol–water partition coefficient (Wildman–Crippen LogP) is 3.99. The molecule has 0 aromatic heterocycles. The summed E-state index contributed by atoms with van der Waals surface area (Å²) < 4.78 is 58.6. The van der Waals surface area contributed by atoms with E-state index >= 15 is 0 Å². The Kier molecular flexibility index (Phi) is 14.1. The van der Waals surface area contributed by atoms with Crippen LogP contribution >= 0.6 is 0 Å². The summed E-state index contributed by atoms with van der Waals surface area (Å²) in [5, 5.41) is 35.1. The molecule has 13 heteroatoms. The smallest absolute Gasteiger partial charge is 0.311 e. The number of alkyl halides is 1. The Hall–Kier alpha value is -1.00. The zero-order valence-electron chi connectivity index (χ0n) is 33.0. The first-order valence-corrected chi connectivity index (χ1v) is 19.1. The Morgan fingerprint density at radius 2 is 1.63 bits per heavy atom. The van der Waals surface area contributed by atoms with Crippen LogP contribution in [0.2, 0.25) is 0 Å². The standard InChI is InChI=1S/C38H68FNO11/c1-13-27-38(10,44)32(42)23(5)30-20(2)17-37(9,51-30)33(50-35-29(41)26(16-21(3)47-35)40(11)15-14-39)24(6)31(25(7)34(43)48-27)49-28-19-36(8,45-12)18-22(4)46-28/h20-33,35,41-42,44H,13-19H2,1-12H3/t20-,21+,22-,23-,24-,25+,26-,27+,28?,29+,30-,31-,32+,33+,35?,36-,37+,38+/m0/s1. The highest BCUT2D eigenvalue weighted by Gasteiger charge is 2.57. The molecule has 4 rings (SSSR count). The fourth-order valence-electron chi connectivity index (χ4n) is 9.48. The number of hydrogen-bond donors (Lipinski definition) is 3. The van der Waals surface area contributed by atoms with E-state index in [1.54, 1.807) is 32.9 Å². The summed E-state index contributed by atoms with van der Waals surface area (Å²) in [6.07, 6.45) is -5.54. The molecule has 0 aromatic rings. The summed E-state index contributed by atoms with van der Waals surface area (Å²) in [7, 11) is 3.44. The Balaban J connectivity index is 1.82. The Morgan fingerprint density at radius 3 is 2.24 bits per heavy atom. The highest BCUT2D eigenvalue weighted by atomic mass is 19.1. The summed E-state index contributed by atoms with van der Waals surface area (Å²) >= 11 is 0. The molecule has 0 spiro atoms. The number of methoxy groups -OCH3 is 1. The van der Waals surface area contributed by atoms with Crippen LogP contribution in [-0.4, -0.2) is 138 Å². The van der Waals surface area contributed by atoms with Gasteiger partial charge >= 0.3 is 5.97 Å². The summed E-state index contributed by atoms with van der Waals surface area (Å²) in [4.78, 5) is 15.9. The van der Waals surface area contributed by atoms with Crippen molar-refractivity contribution < 1.29 is 57.7 Å². The number of halogens is 1. The summed E-state index contributed by atoms with van der Waals surface area (Å²) in [6.45, 7) is 18.3. The van der Waals surface area contributed by atoms with Gasteiger partial charge in [0.05, 0.1) is 53.7 Å². The number of rotatable bonds is 9. The molecule has 4 aliphatic rings. The number of cyclic esters (lactones) is 1. The van der Waals surface area contributed by atoms with Crippen LogP contribution in [0.25, 0.3) is 0 Å². The second-order valence-electron chi connectivity index (χ2n) is 17.0. The zero-order valence-corrected chi connectivity index (χ0v) is 33.0. The number of esters is 1. The molecule has 4 aliphatic heterocycles. The average molecular weight is 734 g/mol. The summed E-state index contributed by atoms with van der Waals surface area (Å²) in [5.41, 5.74) is -3.32. The lowest BCUT2D eigenvalue weighted by molar-refractivity contribution is -0.312. The largest absolute Gasteiger partial charge is 0.459 e. The van der Waals surface area contributed by atoms with Gasteiger partial charge in [0.2, 0.25) is 0 Å². The monoisotopic (exact) mass is 733 g/mol. The fourth-order valence-corrected chi connectivity index (χ4v) is 9.48. The van der Waals surface area contributed by atoms with E-state index in [-0.39, 0.29) is 31.1 Å². The number of carbonyl (C=O) groups excluding carboxylic acids is 1. The van der Waals surface area contributed by atoms with Crippen LogP contribution in [0.4, 0.5) is 4.39 Å². The van der Waals surface area contributed by atoms with Crippen LogP contribution in [0, 0.1) is 23.7 Å². The fraction of sp³-hybridized carbons (Fsp3) is 0.974. The first-order chi connectivity index (χ1) is 23.7. The zero-order chi connectivity index (χ0) is 38.2. The Bertz CT molecular complexity index is 1150. The highest BCUT2D eigenvalue weighted by Crippen LogP contribution is 2.48. The van der Waals surface area contributed by atoms with Crippen LogP contribution in [0.3, 0.4) is 0 Å². The number of aliphatic hydroxyl groups excluding tert-OH is 2. The number of carbonyl (C=O) groups is 1. The molecule has 4 heterocycles. The maximum absolute atomic E-state index is 14.1. The molecule has 3 N–H and O–H groups in total. The molecule has 0 saturated carbocycles. The molecule has 0 aromatic carbocycles. The molecule has 12 nitrogen and oxygen atoms in total. The van der Waals surface area contributed by atoms with E-state index in [0.29, 0.717) is 25.7 Å². The molecule has 4 fully saturated rings. The van der Waals surface area contributed by atoms with Gasteiger partial charge in [-0.3, -0.25) is 9.69 Å². The Morgan fingerprint density at radius 1 is 0.961 bits per heavy atom. The van der Waals surface area contributed by atoms with Gasteiger partial charge in [0.15, 0.2) is 12.6 Å². The number of aliphatic hydroxyl groups is 3. The lowest BCUT2D eigenvalue weighted by atomic mass is 9.76. The van der Waals surface area contributed by atoms with Gasteiger partial charge in [-0.2, -0.15) is 0 Å². The predicted molar refractivity (Wildman–Crippen MR) is 187 cm³/mol. The quantitative estimate of drug-likeness (QED) is 0.295. The maximum Gasteiger partial charge on any atom is 0.311 e. The van der Waals surface area contributed by atoms with Crippen molar-refractivity contribution in [2.24, 2.45) is 23.7 Å². The molecule has 51 heavy (non-hydrogen) atoms. The maximum atomic E-state index is 14.1. The highest BCUT2D eigenvalue weighted by molar-refractivity contribution is 5.73. The van der Waals surface area contributed by atoms with Gasteiger partial charge in [-0.05, 0) is 73.8 Å². The van der Waals surface area contributed by atoms with E-state index in [1.807, 2.05) is 48.5 Å². The molecule has 298 valence electrons. The number of nitrogens with zero attached hydrogens (tertiary/aromatic N) is 1. The van der Waals surface area contributed by atoms with Crippen molar-refractivity contribution in [2.75, 3.05) is 27.4 Å². The van der Waals surface area contributed by atoms with Crippen molar-refractivity contribution in [3.05, 3.63) is 0 Å². The van der Waals surface area contributed by atoms with Crippen molar-refractivity contribution in [1.82, 2.24) is 4.90 Å². The topological polar surface area (TPSA) is 146 Å². The second-order valence-corrected chi connectivity index (χ2v) is 17.0.